The van der Waals surface area contributed by atoms with Gasteiger partial charge in [0.15, 0.2) is 10.8 Å². The third-order valence-electron chi connectivity index (χ3n) is 5.65. The quantitative estimate of drug-likeness (QED) is 0.462. The average molecular weight is 417 g/mol. The van der Waals surface area contributed by atoms with Crippen LogP contribution in [0.15, 0.2) is 29.8 Å². The third-order valence-corrected chi connectivity index (χ3v) is 6.73. The minimum atomic E-state index is 0. The van der Waals surface area contributed by atoms with Gasteiger partial charge in [-0.2, -0.15) is 5.10 Å². The summed E-state index contributed by atoms with van der Waals surface area (Å²) >= 11 is 1.73. The molecule has 0 amide bonds. The minimum absolute atomic E-state index is 0. The number of fused-ring (bicyclic) bond motifs is 6. The molecular formula is C20H25ClN6S. The molecule has 0 N–H and O–H groups in total. The fourth-order valence-electron chi connectivity index (χ4n) is 4.45. The van der Waals surface area contributed by atoms with Gasteiger partial charge in [-0.3, -0.25) is 4.90 Å². The first-order valence-electron chi connectivity index (χ1n) is 9.76. The van der Waals surface area contributed by atoms with Gasteiger partial charge in [0, 0.05) is 66.6 Å². The standard InChI is InChI=1S/C20H24N6S.ClH/c1-3-6-27-20-22-9-14(10-23-20)12-25-15-4-5-17(25)16-11-21-19-7-13(2)24-26(19)18(16)8-15;/h7,9-11,15,17H,3-6,8,12H2,1-2H3;1H. The van der Waals surface area contributed by atoms with E-state index in [9.17, 15) is 0 Å². The van der Waals surface area contributed by atoms with E-state index >= 15 is 0 Å². The van der Waals surface area contributed by atoms with Crippen LogP contribution < -0.4 is 0 Å². The van der Waals surface area contributed by atoms with Crippen LogP contribution in [0.2, 0.25) is 0 Å². The van der Waals surface area contributed by atoms with Crippen molar-refractivity contribution < 1.29 is 0 Å². The molecule has 2 unspecified atom stereocenters. The number of rotatable bonds is 5. The van der Waals surface area contributed by atoms with Crippen LogP contribution >= 0.6 is 24.2 Å². The summed E-state index contributed by atoms with van der Waals surface area (Å²) in [5.41, 5.74) is 5.88. The Morgan fingerprint density at radius 3 is 2.75 bits per heavy atom. The molecule has 0 spiro atoms. The summed E-state index contributed by atoms with van der Waals surface area (Å²) in [6.45, 7) is 5.12. The fourth-order valence-corrected chi connectivity index (χ4v) is 5.09. The van der Waals surface area contributed by atoms with Crippen molar-refractivity contribution in [3.8, 4) is 0 Å². The van der Waals surface area contributed by atoms with Gasteiger partial charge in [-0.05, 0) is 26.2 Å². The maximum atomic E-state index is 4.68. The molecule has 8 heteroatoms. The molecule has 2 aliphatic rings. The number of hydrogen-bond acceptors (Lipinski definition) is 6. The first-order chi connectivity index (χ1) is 13.2. The maximum Gasteiger partial charge on any atom is 0.187 e. The number of aromatic nitrogens is 5. The highest BCUT2D eigenvalue weighted by molar-refractivity contribution is 7.99. The number of thioether (sulfide) groups is 1. The van der Waals surface area contributed by atoms with Crippen LogP contribution in [0.3, 0.4) is 0 Å². The fraction of sp³-hybridized carbons (Fsp3) is 0.500. The lowest BCUT2D eigenvalue weighted by Crippen LogP contribution is -2.38. The van der Waals surface area contributed by atoms with Crippen LogP contribution in [0.1, 0.15) is 54.7 Å². The average Bonchev–Trinajstić information content (AvgIpc) is 3.19. The highest BCUT2D eigenvalue weighted by Gasteiger charge is 2.41. The number of nitrogens with zero attached hydrogens (tertiary/aromatic N) is 6. The molecule has 5 heterocycles. The van der Waals surface area contributed by atoms with Crippen LogP contribution in [0.25, 0.3) is 5.65 Å². The molecule has 0 aromatic carbocycles. The third kappa shape index (κ3) is 3.40. The summed E-state index contributed by atoms with van der Waals surface area (Å²) < 4.78 is 2.07. The molecule has 2 bridgehead atoms. The number of halogens is 1. The molecule has 0 radical (unpaired) electrons. The van der Waals surface area contributed by atoms with Gasteiger partial charge in [-0.1, -0.05) is 18.7 Å². The second-order valence-electron chi connectivity index (χ2n) is 7.56. The van der Waals surface area contributed by atoms with Gasteiger partial charge in [0.05, 0.1) is 11.4 Å². The Kier molecular flexibility index (Phi) is 5.58. The lowest BCUT2D eigenvalue weighted by atomic mass is 9.98. The highest BCUT2D eigenvalue weighted by atomic mass is 35.5. The van der Waals surface area contributed by atoms with Gasteiger partial charge in [-0.25, -0.2) is 19.5 Å². The lowest BCUT2D eigenvalue weighted by Gasteiger charge is -2.36. The summed E-state index contributed by atoms with van der Waals surface area (Å²) in [4.78, 5) is 16.4. The van der Waals surface area contributed by atoms with Crippen molar-refractivity contribution in [1.29, 1.82) is 0 Å². The van der Waals surface area contributed by atoms with Crippen LogP contribution in [0, 0.1) is 6.92 Å². The van der Waals surface area contributed by atoms with Gasteiger partial charge in [0.2, 0.25) is 0 Å². The summed E-state index contributed by atoms with van der Waals surface area (Å²) in [5.74, 6) is 1.07. The number of hydrogen-bond donors (Lipinski definition) is 0. The van der Waals surface area contributed by atoms with Crippen molar-refractivity contribution in [2.75, 3.05) is 5.75 Å². The maximum absolute atomic E-state index is 4.68. The normalized spacial score (nSPS) is 20.9. The Labute approximate surface area is 175 Å². The smallest absolute Gasteiger partial charge is 0.187 e. The Balaban J connectivity index is 0.00000192. The zero-order chi connectivity index (χ0) is 18.4. The van der Waals surface area contributed by atoms with E-state index < -0.39 is 0 Å². The van der Waals surface area contributed by atoms with Crippen LogP contribution in [-0.4, -0.2) is 41.3 Å². The molecule has 2 aliphatic heterocycles. The molecular weight excluding hydrogens is 392 g/mol. The summed E-state index contributed by atoms with van der Waals surface area (Å²) in [7, 11) is 0. The molecule has 2 atom stereocenters. The Bertz CT molecular complexity index is 973. The van der Waals surface area contributed by atoms with E-state index in [1.54, 1.807) is 11.8 Å². The van der Waals surface area contributed by atoms with Gasteiger partial charge in [0.1, 0.15) is 0 Å². The van der Waals surface area contributed by atoms with Crippen LogP contribution in [-0.2, 0) is 13.0 Å². The van der Waals surface area contributed by atoms with Crippen molar-refractivity contribution >= 4 is 29.8 Å². The van der Waals surface area contributed by atoms with Crippen molar-refractivity contribution in [2.45, 2.75) is 63.3 Å². The zero-order valence-corrected chi connectivity index (χ0v) is 17.8. The van der Waals surface area contributed by atoms with Gasteiger partial charge >= 0.3 is 0 Å². The highest BCUT2D eigenvalue weighted by Crippen LogP contribution is 2.44. The Morgan fingerprint density at radius 2 is 1.96 bits per heavy atom. The monoisotopic (exact) mass is 416 g/mol. The van der Waals surface area contributed by atoms with Crippen LogP contribution in [0.4, 0.5) is 0 Å². The zero-order valence-electron chi connectivity index (χ0n) is 16.2. The number of aryl methyl sites for hydroxylation is 1. The van der Waals surface area contributed by atoms with Crippen molar-refractivity contribution in [3.05, 3.63) is 47.2 Å². The predicted molar refractivity (Wildman–Crippen MR) is 113 cm³/mol. The molecule has 5 rings (SSSR count). The molecule has 0 saturated carbocycles. The van der Waals surface area contributed by atoms with E-state index in [0.29, 0.717) is 12.1 Å². The van der Waals surface area contributed by atoms with Gasteiger partial charge in [0.25, 0.3) is 0 Å². The summed E-state index contributed by atoms with van der Waals surface area (Å²) in [6.07, 6.45) is 10.7. The SMILES string of the molecule is CCCSc1ncc(CN2C3CCC2c2cnc4cc(C)nn4c2C3)cn1.Cl. The first-order valence-corrected chi connectivity index (χ1v) is 10.7. The molecule has 1 saturated heterocycles. The summed E-state index contributed by atoms with van der Waals surface area (Å²) in [6, 6.07) is 3.05. The Hall–Kier alpha value is -1.70. The van der Waals surface area contributed by atoms with Crippen LogP contribution in [0.5, 0.6) is 0 Å². The molecule has 6 nitrogen and oxygen atoms in total. The van der Waals surface area contributed by atoms with E-state index in [0.717, 1.165) is 41.6 Å². The molecule has 0 aliphatic carbocycles. The predicted octanol–water partition coefficient (Wildman–Crippen LogP) is 4.01. The minimum Gasteiger partial charge on any atom is -0.289 e. The molecule has 3 aromatic heterocycles. The molecule has 28 heavy (non-hydrogen) atoms. The second kappa shape index (κ2) is 7.97. The van der Waals surface area contributed by atoms with Crippen molar-refractivity contribution in [1.82, 2.24) is 29.5 Å². The Morgan fingerprint density at radius 1 is 1.14 bits per heavy atom. The van der Waals surface area contributed by atoms with E-state index in [4.69, 9.17) is 0 Å². The van der Waals surface area contributed by atoms with Crippen molar-refractivity contribution in [3.63, 3.8) is 0 Å². The second-order valence-corrected chi connectivity index (χ2v) is 8.62. The topological polar surface area (TPSA) is 59.2 Å². The first kappa shape index (κ1) is 19.6. The largest absolute Gasteiger partial charge is 0.289 e. The van der Waals surface area contributed by atoms with E-state index in [1.807, 2.05) is 19.3 Å². The molecule has 148 valence electrons. The van der Waals surface area contributed by atoms with E-state index in [-0.39, 0.29) is 12.4 Å². The van der Waals surface area contributed by atoms with E-state index in [2.05, 4.69) is 48.7 Å². The van der Waals surface area contributed by atoms with Crippen molar-refractivity contribution in [2.24, 2.45) is 0 Å². The van der Waals surface area contributed by atoms with E-state index in [1.165, 1.54) is 29.7 Å². The summed E-state index contributed by atoms with van der Waals surface area (Å²) in [5, 5.41) is 5.56. The lowest BCUT2D eigenvalue weighted by molar-refractivity contribution is 0.164. The molecule has 1 fully saturated rings. The molecule has 3 aromatic rings. The van der Waals surface area contributed by atoms with Gasteiger partial charge in [-0.15, -0.1) is 12.4 Å². The van der Waals surface area contributed by atoms with Gasteiger partial charge < -0.3 is 0 Å².